The van der Waals surface area contributed by atoms with Crippen LogP contribution in [0.4, 0.5) is 0 Å². The quantitative estimate of drug-likeness (QED) is 0.507. The molecule has 0 fully saturated rings. The third-order valence-corrected chi connectivity index (χ3v) is 1.47. The third-order valence-electron chi connectivity index (χ3n) is 1.04. The van der Waals surface area contributed by atoms with E-state index in [1.807, 2.05) is 0 Å². The van der Waals surface area contributed by atoms with E-state index >= 15 is 0 Å². The predicted octanol–water partition coefficient (Wildman–Crippen LogP) is -0.520. The Balaban J connectivity index is 3.92. The van der Waals surface area contributed by atoms with E-state index in [1.54, 1.807) is 0 Å². The topological polar surface area (TPSA) is 101 Å². The lowest BCUT2D eigenvalue weighted by Gasteiger charge is -2.10. The number of carbonyl (C=O) groups is 2. The Labute approximate surface area is 67.8 Å². The normalized spacial score (nSPS) is 15.5. The first kappa shape index (κ1) is 10.2. The highest BCUT2D eigenvalue weighted by Crippen LogP contribution is 2.05. The average Bonchev–Trinajstić information content (AvgIpc) is 1.84. The van der Waals surface area contributed by atoms with E-state index in [0.717, 1.165) is 0 Å². The van der Waals surface area contributed by atoms with Crippen molar-refractivity contribution in [2.45, 2.75) is 17.8 Å². The molecule has 0 unspecified atom stereocenters. The maximum atomic E-state index is 10.1. The largest absolute Gasteiger partial charge is 0.481 e. The zero-order valence-corrected chi connectivity index (χ0v) is 6.28. The van der Waals surface area contributed by atoms with Gasteiger partial charge in [-0.25, -0.2) is 0 Å². The van der Waals surface area contributed by atoms with Crippen LogP contribution in [-0.2, 0) is 9.59 Å². The molecule has 0 saturated heterocycles. The summed E-state index contributed by atoms with van der Waals surface area (Å²) < 4.78 is 0. The molecule has 0 aromatic rings. The van der Waals surface area contributed by atoms with E-state index in [2.05, 4.69) is 0 Å². The number of rotatable bonds is 4. The molecule has 5 nitrogen and oxygen atoms in total. The Kier molecular flexibility index (Phi) is 3.84. The number of aliphatic carboxylic acids is 2. The number of carboxylic acid groups (broad SMARTS) is 2. The van der Waals surface area contributed by atoms with Gasteiger partial charge in [0, 0.05) is 0 Å². The summed E-state index contributed by atoms with van der Waals surface area (Å²) >= 11 is 5.33. The first-order valence-electron chi connectivity index (χ1n) is 2.79. The van der Waals surface area contributed by atoms with Gasteiger partial charge in [0.1, 0.15) is 6.04 Å². The molecule has 64 valence electrons. The Hall–Kier alpha value is -0.810. The van der Waals surface area contributed by atoms with Crippen LogP contribution in [-0.4, -0.2) is 33.6 Å². The number of hydrogen-bond acceptors (Lipinski definition) is 3. The van der Waals surface area contributed by atoms with Crippen LogP contribution in [0.2, 0.25) is 0 Å². The Morgan fingerprint density at radius 3 is 2.18 bits per heavy atom. The highest BCUT2D eigenvalue weighted by molar-refractivity contribution is 6.23. The van der Waals surface area contributed by atoms with E-state index in [-0.39, 0.29) is 0 Å². The van der Waals surface area contributed by atoms with Gasteiger partial charge in [0.25, 0.3) is 0 Å². The van der Waals surface area contributed by atoms with Crippen LogP contribution in [0.5, 0.6) is 0 Å². The number of halogens is 1. The van der Waals surface area contributed by atoms with Crippen LogP contribution in [0.25, 0.3) is 0 Å². The van der Waals surface area contributed by atoms with Gasteiger partial charge in [-0.2, -0.15) is 0 Å². The molecule has 0 aliphatic heterocycles. The van der Waals surface area contributed by atoms with Crippen molar-refractivity contribution in [1.82, 2.24) is 0 Å². The molecule has 0 radical (unpaired) electrons. The van der Waals surface area contributed by atoms with E-state index in [4.69, 9.17) is 27.5 Å². The maximum Gasteiger partial charge on any atom is 0.322 e. The van der Waals surface area contributed by atoms with E-state index < -0.39 is 29.8 Å². The van der Waals surface area contributed by atoms with Gasteiger partial charge in [0.05, 0.1) is 11.8 Å². The molecular formula is C5H8ClNO4. The minimum atomic E-state index is -1.33. The first-order chi connectivity index (χ1) is 4.95. The van der Waals surface area contributed by atoms with Crippen molar-refractivity contribution in [3.63, 3.8) is 0 Å². The van der Waals surface area contributed by atoms with Gasteiger partial charge in [-0.1, -0.05) is 0 Å². The van der Waals surface area contributed by atoms with Gasteiger partial charge in [-0.15, -0.1) is 11.6 Å². The molecule has 0 spiro atoms. The van der Waals surface area contributed by atoms with Crippen molar-refractivity contribution in [2.75, 3.05) is 0 Å². The van der Waals surface area contributed by atoms with Gasteiger partial charge in [0.15, 0.2) is 0 Å². The van der Waals surface area contributed by atoms with Crippen LogP contribution in [0, 0.1) is 0 Å². The van der Waals surface area contributed by atoms with E-state index in [1.165, 1.54) is 0 Å². The first-order valence-corrected chi connectivity index (χ1v) is 3.23. The summed E-state index contributed by atoms with van der Waals surface area (Å²) in [5.41, 5.74) is 5.01. The van der Waals surface area contributed by atoms with Crippen molar-refractivity contribution in [2.24, 2.45) is 5.73 Å². The smallest absolute Gasteiger partial charge is 0.322 e. The molecule has 0 saturated carbocycles. The molecule has 0 aromatic heterocycles. The molecule has 2 atom stereocenters. The van der Waals surface area contributed by atoms with Crippen LogP contribution < -0.4 is 5.73 Å². The standard InChI is InChI=1S/C5H8ClNO4/c6-2(1-3(8)9)4(7)5(10)11/h2,4H,1,7H2,(H,8,9)(H,10,11)/t2-,4-/m0/s1. The monoisotopic (exact) mass is 181 g/mol. The second-order valence-electron chi connectivity index (χ2n) is 1.98. The van der Waals surface area contributed by atoms with Gasteiger partial charge >= 0.3 is 11.9 Å². The Morgan fingerprint density at radius 1 is 1.45 bits per heavy atom. The summed E-state index contributed by atoms with van der Waals surface area (Å²) in [6.07, 6.45) is -0.449. The molecule has 4 N–H and O–H groups in total. The number of hydrogen-bond donors (Lipinski definition) is 3. The Bertz CT molecular complexity index is 172. The van der Waals surface area contributed by atoms with E-state index in [9.17, 15) is 9.59 Å². The molecule has 0 bridgehead atoms. The fourth-order valence-corrected chi connectivity index (χ4v) is 0.688. The SMILES string of the molecule is N[C@H](C(=O)O)[C@@H](Cl)CC(=O)O. The van der Waals surface area contributed by atoms with Crippen LogP contribution in [0.3, 0.4) is 0 Å². The van der Waals surface area contributed by atoms with Gasteiger partial charge < -0.3 is 15.9 Å². The average molecular weight is 182 g/mol. The van der Waals surface area contributed by atoms with Crippen molar-refractivity contribution in [3.05, 3.63) is 0 Å². The molecule has 0 amide bonds. The maximum absolute atomic E-state index is 10.1. The Morgan fingerprint density at radius 2 is 1.91 bits per heavy atom. The minimum absolute atomic E-state index is 0.449. The van der Waals surface area contributed by atoms with Crippen LogP contribution in [0.15, 0.2) is 0 Å². The molecule has 11 heavy (non-hydrogen) atoms. The number of nitrogens with two attached hydrogens (primary N) is 1. The van der Waals surface area contributed by atoms with Crippen LogP contribution >= 0.6 is 11.6 Å². The highest BCUT2D eigenvalue weighted by atomic mass is 35.5. The van der Waals surface area contributed by atoms with Crippen molar-refractivity contribution < 1.29 is 19.8 Å². The molecule has 0 heterocycles. The van der Waals surface area contributed by atoms with Gasteiger partial charge in [0.2, 0.25) is 0 Å². The minimum Gasteiger partial charge on any atom is -0.481 e. The van der Waals surface area contributed by atoms with Crippen molar-refractivity contribution >= 4 is 23.5 Å². The zero-order valence-electron chi connectivity index (χ0n) is 5.53. The molecule has 0 aromatic carbocycles. The number of carboxylic acids is 2. The second kappa shape index (κ2) is 4.15. The second-order valence-corrected chi connectivity index (χ2v) is 2.54. The van der Waals surface area contributed by atoms with Gasteiger partial charge in [-0.3, -0.25) is 9.59 Å². The summed E-state index contributed by atoms with van der Waals surface area (Å²) in [6.45, 7) is 0. The summed E-state index contributed by atoms with van der Waals surface area (Å²) in [4.78, 5) is 20.1. The molecule has 0 rings (SSSR count). The van der Waals surface area contributed by atoms with Crippen molar-refractivity contribution in [1.29, 1.82) is 0 Å². The summed E-state index contributed by atoms with van der Waals surface area (Å²) in [5, 5.41) is 15.4. The fourth-order valence-electron chi connectivity index (χ4n) is 0.448. The summed E-state index contributed by atoms with van der Waals surface area (Å²) in [7, 11) is 0. The lowest BCUT2D eigenvalue weighted by molar-refractivity contribution is -0.139. The lowest BCUT2D eigenvalue weighted by Crippen LogP contribution is -2.39. The predicted molar refractivity (Wildman–Crippen MR) is 37.5 cm³/mol. The summed E-state index contributed by atoms with van der Waals surface area (Å²) in [6, 6.07) is -1.33. The molecule has 6 heteroatoms. The lowest BCUT2D eigenvalue weighted by atomic mass is 10.1. The molecular weight excluding hydrogens is 174 g/mol. The fraction of sp³-hybridized carbons (Fsp3) is 0.600. The molecule has 0 aliphatic rings. The highest BCUT2D eigenvalue weighted by Gasteiger charge is 2.23. The summed E-state index contributed by atoms with van der Waals surface area (Å²) in [5.74, 6) is -2.46. The van der Waals surface area contributed by atoms with Gasteiger partial charge in [-0.05, 0) is 0 Å². The third kappa shape index (κ3) is 3.79. The molecule has 0 aliphatic carbocycles. The van der Waals surface area contributed by atoms with Crippen LogP contribution in [0.1, 0.15) is 6.42 Å². The van der Waals surface area contributed by atoms with Crippen molar-refractivity contribution in [3.8, 4) is 0 Å². The number of alkyl halides is 1. The zero-order chi connectivity index (χ0) is 9.02. The van der Waals surface area contributed by atoms with E-state index in [0.29, 0.717) is 0 Å².